The van der Waals surface area contributed by atoms with E-state index in [0.717, 1.165) is 39.1 Å². The predicted octanol–water partition coefficient (Wildman–Crippen LogP) is 11.8. The maximum absolute atomic E-state index is 5.33. The Balaban J connectivity index is 1.21. The Bertz CT molecular complexity index is 2530. The number of nitrogens with zero attached hydrogens (tertiary/aromatic N) is 2. The Labute approximate surface area is 264 Å². The molecule has 45 heavy (non-hydrogen) atoms. The standard InChI is InChI=1S/C42H26N2S/c1-2-10-27(11-3-1)28-20-22-29(23-21-28)31-13-8-14-32(26-31)42-43-37-18-6-4-16-35(37)40(44-42)36-17-9-12-30-24-25-34-33-15-5-7-19-38(33)45-41(34)39(30)36/h1-26H. The summed E-state index contributed by atoms with van der Waals surface area (Å²) in [6, 6.07) is 56.0. The van der Waals surface area contributed by atoms with E-state index in [-0.39, 0.29) is 0 Å². The molecular weight excluding hydrogens is 565 g/mol. The highest BCUT2D eigenvalue weighted by molar-refractivity contribution is 7.26. The van der Waals surface area contributed by atoms with Crippen LogP contribution in [0.3, 0.4) is 0 Å². The number of thiophene rings is 1. The van der Waals surface area contributed by atoms with E-state index in [4.69, 9.17) is 9.97 Å². The molecule has 0 spiro atoms. The Morgan fingerprint density at radius 1 is 0.422 bits per heavy atom. The fourth-order valence-corrected chi connectivity index (χ4v) is 7.76. The first-order valence-corrected chi connectivity index (χ1v) is 16.0. The van der Waals surface area contributed by atoms with Crippen LogP contribution in [-0.2, 0) is 0 Å². The molecule has 0 aliphatic carbocycles. The van der Waals surface area contributed by atoms with Gasteiger partial charge in [-0.2, -0.15) is 0 Å². The maximum atomic E-state index is 5.33. The summed E-state index contributed by atoms with van der Waals surface area (Å²) < 4.78 is 2.60. The molecule has 2 nitrogen and oxygen atoms in total. The quantitative estimate of drug-likeness (QED) is 0.204. The molecule has 0 amide bonds. The van der Waals surface area contributed by atoms with Crippen molar-refractivity contribution in [3.05, 3.63) is 158 Å². The van der Waals surface area contributed by atoms with Crippen LogP contribution in [0.15, 0.2) is 158 Å². The summed E-state index contributed by atoms with van der Waals surface area (Å²) in [6.45, 7) is 0. The number of benzene rings is 7. The molecule has 0 atom stereocenters. The topological polar surface area (TPSA) is 25.8 Å². The van der Waals surface area contributed by atoms with Crippen molar-refractivity contribution in [2.45, 2.75) is 0 Å². The van der Waals surface area contributed by atoms with Gasteiger partial charge in [0.25, 0.3) is 0 Å². The average Bonchev–Trinajstić information content (AvgIpc) is 3.50. The van der Waals surface area contributed by atoms with E-state index in [1.165, 1.54) is 47.6 Å². The maximum Gasteiger partial charge on any atom is 0.160 e. The minimum absolute atomic E-state index is 0.729. The fraction of sp³-hybridized carbons (Fsp3) is 0. The third-order valence-corrected chi connectivity index (χ3v) is 9.90. The third-order valence-electron chi connectivity index (χ3n) is 8.69. The lowest BCUT2D eigenvalue weighted by atomic mass is 9.97. The van der Waals surface area contributed by atoms with E-state index in [9.17, 15) is 0 Å². The molecule has 7 aromatic carbocycles. The number of hydrogen-bond donors (Lipinski definition) is 0. The highest BCUT2D eigenvalue weighted by Crippen LogP contribution is 2.43. The smallest absolute Gasteiger partial charge is 0.160 e. The highest BCUT2D eigenvalue weighted by atomic mass is 32.1. The van der Waals surface area contributed by atoms with Gasteiger partial charge in [0.2, 0.25) is 0 Å². The molecule has 0 aliphatic heterocycles. The van der Waals surface area contributed by atoms with Gasteiger partial charge in [0.05, 0.1) is 11.2 Å². The SMILES string of the molecule is c1ccc(-c2ccc(-c3cccc(-c4nc(-c5cccc6ccc7c8ccccc8sc7c56)c5ccccc5n4)c3)cc2)cc1. The number of aromatic nitrogens is 2. The van der Waals surface area contributed by atoms with Crippen LogP contribution in [0.1, 0.15) is 0 Å². The molecule has 210 valence electrons. The molecule has 9 aromatic rings. The fourth-order valence-electron chi connectivity index (χ4n) is 6.48. The van der Waals surface area contributed by atoms with E-state index < -0.39 is 0 Å². The highest BCUT2D eigenvalue weighted by Gasteiger charge is 2.17. The van der Waals surface area contributed by atoms with Crippen LogP contribution < -0.4 is 0 Å². The molecule has 0 radical (unpaired) electrons. The minimum atomic E-state index is 0.729. The van der Waals surface area contributed by atoms with Crippen LogP contribution in [0.5, 0.6) is 0 Å². The molecule has 0 fully saturated rings. The van der Waals surface area contributed by atoms with E-state index >= 15 is 0 Å². The zero-order valence-electron chi connectivity index (χ0n) is 24.3. The van der Waals surface area contributed by atoms with Gasteiger partial charge in [-0.1, -0.05) is 140 Å². The molecule has 0 N–H and O–H groups in total. The van der Waals surface area contributed by atoms with Crippen molar-refractivity contribution < 1.29 is 0 Å². The zero-order valence-corrected chi connectivity index (χ0v) is 25.1. The summed E-state index contributed by atoms with van der Waals surface area (Å²) in [7, 11) is 0. The molecule has 3 heteroatoms. The Morgan fingerprint density at radius 2 is 1.09 bits per heavy atom. The summed E-state index contributed by atoms with van der Waals surface area (Å²) in [5.41, 5.74) is 8.77. The second kappa shape index (κ2) is 10.5. The molecule has 0 bridgehead atoms. The van der Waals surface area contributed by atoms with Crippen LogP contribution in [0.2, 0.25) is 0 Å². The van der Waals surface area contributed by atoms with Crippen molar-refractivity contribution in [2.24, 2.45) is 0 Å². The molecule has 0 unspecified atom stereocenters. The predicted molar refractivity (Wildman–Crippen MR) is 192 cm³/mol. The first-order valence-electron chi connectivity index (χ1n) is 15.2. The van der Waals surface area contributed by atoms with Gasteiger partial charge in [0.1, 0.15) is 0 Å². The second-order valence-corrected chi connectivity index (χ2v) is 12.4. The minimum Gasteiger partial charge on any atom is -0.228 e. The second-order valence-electron chi connectivity index (χ2n) is 11.4. The molecule has 0 aliphatic rings. The summed E-state index contributed by atoms with van der Waals surface area (Å²) >= 11 is 1.86. The van der Waals surface area contributed by atoms with E-state index in [0.29, 0.717) is 0 Å². The molecule has 9 rings (SSSR count). The van der Waals surface area contributed by atoms with Crippen LogP contribution in [0.25, 0.3) is 86.7 Å². The summed E-state index contributed by atoms with van der Waals surface area (Å²) in [6.07, 6.45) is 0. The van der Waals surface area contributed by atoms with Crippen LogP contribution in [-0.4, -0.2) is 9.97 Å². The van der Waals surface area contributed by atoms with E-state index in [1.54, 1.807) is 0 Å². The summed E-state index contributed by atoms with van der Waals surface area (Å²) in [5, 5.41) is 6.12. The van der Waals surface area contributed by atoms with Crippen molar-refractivity contribution >= 4 is 53.2 Å². The molecule has 2 aromatic heterocycles. The van der Waals surface area contributed by atoms with Crippen molar-refractivity contribution in [1.29, 1.82) is 0 Å². The number of fused-ring (bicyclic) bond motifs is 6. The summed E-state index contributed by atoms with van der Waals surface area (Å²) in [5.74, 6) is 0.729. The first-order chi connectivity index (χ1) is 22.3. The Morgan fingerprint density at radius 3 is 1.96 bits per heavy atom. The molecule has 0 saturated carbocycles. The molecule has 2 heterocycles. The van der Waals surface area contributed by atoms with Gasteiger partial charge in [-0.15, -0.1) is 11.3 Å². The van der Waals surface area contributed by atoms with Gasteiger partial charge in [0, 0.05) is 42.1 Å². The first kappa shape index (κ1) is 25.8. The van der Waals surface area contributed by atoms with Gasteiger partial charge in [-0.25, -0.2) is 9.97 Å². The largest absolute Gasteiger partial charge is 0.228 e. The summed E-state index contributed by atoms with van der Waals surface area (Å²) in [4.78, 5) is 10.4. The lowest BCUT2D eigenvalue weighted by Crippen LogP contribution is -1.96. The average molecular weight is 591 g/mol. The van der Waals surface area contributed by atoms with Crippen molar-refractivity contribution in [3.8, 4) is 44.9 Å². The van der Waals surface area contributed by atoms with Crippen molar-refractivity contribution in [2.75, 3.05) is 0 Å². The number of hydrogen-bond acceptors (Lipinski definition) is 3. The Kier molecular flexibility index (Phi) is 6.03. The number of para-hydroxylation sites is 1. The molecular formula is C42H26N2S. The van der Waals surface area contributed by atoms with Crippen LogP contribution in [0.4, 0.5) is 0 Å². The van der Waals surface area contributed by atoms with Crippen LogP contribution >= 0.6 is 11.3 Å². The van der Waals surface area contributed by atoms with Crippen molar-refractivity contribution in [3.63, 3.8) is 0 Å². The van der Waals surface area contributed by atoms with E-state index in [2.05, 4.69) is 158 Å². The van der Waals surface area contributed by atoms with Crippen molar-refractivity contribution in [1.82, 2.24) is 9.97 Å². The third kappa shape index (κ3) is 4.40. The van der Waals surface area contributed by atoms with E-state index in [1.807, 2.05) is 11.3 Å². The lowest BCUT2D eigenvalue weighted by Gasteiger charge is -2.13. The normalized spacial score (nSPS) is 11.6. The monoisotopic (exact) mass is 590 g/mol. The lowest BCUT2D eigenvalue weighted by molar-refractivity contribution is 1.23. The molecule has 0 saturated heterocycles. The van der Waals surface area contributed by atoms with Gasteiger partial charge < -0.3 is 0 Å². The van der Waals surface area contributed by atoms with Gasteiger partial charge in [-0.3, -0.25) is 0 Å². The van der Waals surface area contributed by atoms with Gasteiger partial charge >= 0.3 is 0 Å². The number of rotatable bonds is 4. The van der Waals surface area contributed by atoms with Gasteiger partial charge in [0.15, 0.2) is 5.82 Å². The van der Waals surface area contributed by atoms with Crippen LogP contribution in [0, 0.1) is 0 Å². The Hall–Kier alpha value is -5.64. The van der Waals surface area contributed by atoms with Gasteiger partial charge in [-0.05, 0) is 45.8 Å². The zero-order chi connectivity index (χ0) is 29.7.